The highest BCUT2D eigenvalue weighted by molar-refractivity contribution is 7.85. The first-order valence-corrected chi connectivity index (χ1v) is 12.7. The van der Waals surface area contributed by atoms with Gasteiger partial charge < -0.3 is 21.4 Å². The Kier molecular flexibility index (Phi) is 9.88. The predicted molar refractivity (Wildman–Crippen MR) is 147 cm³/mol. The Labute approximate surface area is 221 Å². The van der Waals surface area contributed by atoms with Gasteiger partial charge in [-0.1, -0.05) is 48.5 Å². The number of nitrogen functional groups attached to an aromatic ring is 1. The lowest BCUT2D eigenvalue weighted by Crippen LogP contribution is -2.41. The number of rotatable bonds is 12. The molecule has 38 heavy (non-hydrogen) atoms. The summed E-state index contributed by atoms with van der Waals surface area (Å²) in [6, 6.07) is 17.6. The van der Waals surface area contributed by atoms with Crippen molar-refractivity contribution in [1.29, 1.82) is 5.41 Å². The van der Waals surface area contributed by atoms with Gasteiger partial charge in [0.15, 0.2) is 0 Å². The van der Waals surface area contributed by atoms with Gasteiger partial charge in [-0.15, -0.1) is 0 Å². The van der Waals surface area contributed by atoms with Crippen molar-refractivity contribution in [2.75, 3.05) is 4.72 Å². The maximum Gasteiger partial charge on any atom is 0.332 e. The highest BCUT2D eigenvalue weighted by Crippen LogP contribution is 2.08. The van der Waals surface area contributed by atoms with Crippen LogP contribution in [0.1, 0.15) is 16.7 Å². The number of amidine groups is 1. The van der Waals surface area contributed by atoms with Gasteiger partial charge in [-0.2, -0.15) is 5.10 Å². The number of nitrogens with one attached hydrogen (secondary N) is 4. The first-order chi connectivity index (χ1) is 18.2. The van der Waals surface area contributed by atoms with Crippen LogP contribution < -0.4 is 32.5 Å². The molecule has 3 rings (SSSR count). The monoisotopic (exact) mass is 536 g/mol. The minimum absolute atomic E-state index is 0.0967. The molecular weight excluding hydrogens is 508 g/mol. The van der Waals surface area contributed by atoms with E-state index in [2.05, 4.69) is 20.6 Å². The third-order valence-corrected chi connectivity index (χ3v) is 6.21. The van der Waals surface area contributed by atoms with Crippen LogP contribution in [0.4, 0.5) is 10.5 Å². The number of nitrogens with zero attached hydrogens (tertiary/aromatic N) is 2. The van der Waals surface area contributed by atoms with Crippen LogP contribution in [0.3, 0.4) is 0 Å². The molecule has 2 unspecified atom stereocenters. The molecule has 8 N–H and O–H groups in total. The van der Waals surface area contributed by atoms with Crippen molar-refractivity contribution in [3.8, 4) is 0 Å². The van der Waals surface area contributed by atoms with E-state index < -0.39 is 34.5 Å². The van der Waals surface area contributed by atoms with Crippen LogP contribution in [0.15, 0.2) is 82.8 Å². The van der Waals surface area contributed by atoms with Crippen molar-refractivity contribution in [3.63, 3.8) is 0 Å². The molecule has 1 aromatic heterocycles. The Hall–Kier alpha value is -4.78. The van der Waals surface area contributed by atoms with Gasteiger partial charge in [0.25, 0.3) is 5.56 Å². The fourth-order valence-electron chi connectivity index (χ4n) is 3.48. The standard InChI is InChI=1S/C25H28N8O4S/c26-23(27)19-9-4-8-18(12-19)13-20(14-29-31-25(28)36)30-22(34)15-33-11-5-10-21(24(33)35)32-38(37)16-17-6-2-1-3-7-17/h1-12,14,20,32H,13,15-16H2,(H3,26,27)(H,30,34)(H3,28,31,36). The zero-order valence-electron chi connectivity index (χ0n) is 20.3. The fourth-order valence-corrected chi connectivity index (χ4v) is 4.45. The molecule has 2 aromatic carbocycles. The number of hydrogen-bond donors (Lipinski definition) is 6. The number of hydrazone groups is 1. The summed E-state index contributed by atoms with van der Waals surface area (Å²) < 4.78 is 16.4. The minimum atomic E-state index is -1.55. The van der Waals surface area contributed by atoms with E-state index in [1.807, 2.05) is 30.3 Å². The van der Waals surface area contributed by atoms with Crippen LogP contribution >= 0.6 is 0 Å². The third-order valence-electron chi connectivity index (χ3n) is 5.17. The van der Waals surface area contributed by atoms with Gasteiger partial charge in [-0.3, -0.25) is 19.7 Å². The Morgan fingerprint density at radius 2 is 1.79 bits per heavy atom. The lowest BCUT2D eigenvalue weighted by molar-refractivity contribution is -0.122. The average Bonchev–Trinajstić information content (AvgIpc) is 2.87. The summed E-state index contributed by atoms with van der Waals surface area (Å²) >= 11 is 0. The molecule has 3 aromatic rings. The van der Waals surface area contributed by atoms with E-state index in [1.165, 1.54) is 23.0 Å². The number of carbonyl (C=O) groups excluding carboxylic acids is 2. The van der Waals surface area contributed by atoms with Crippen molar-refractivity contribution in [3.05, 3.63) is 100.0 Å². The molecule has 198 valence electrons. The molecule has 0 saturated heterocycles. The summed E-state index contributed by atoms with van der Waals surface area (Å²) in [6.45, 7) is -0.319. The molecule has 0 aliphatic carbocycles. The molecule has 0 fully saturated rings. The molecule has 3 amide bonds. The number of hydrogen-bond acceptors (Lipinski definition) is 6. The molecule has 2 atom stereocenters. The molecule has 13 heteroatoms. The van der Waals surface area contributed by atoms with Crippen molar-refractivity contribution in [1.82, 2.24) is 15.3 Å². The van der Waals surface area contributed by atoms with Crippen LogP contribution in [0.2, 0.25) is 0 Å². The van der Waals surface area contributed by atoms with Crippen LogP contribution in [0, 0.1) is 5.41 Å². The average molecular weight is 537 g/mol. The summed E-state index contributed by atoms with van der Waals surface area (Å²) in [5, 5.41) is 14.1. The van der Waals surface area contributed by atoms with Gasteiger partial charge in [0.2, 0.25) is 5.91 Å². The van der Waals surface area contributed by atoms with E-state index >= 15 is 0 Å². The van der Waals surface area contributed by atoms with Crippen molar-refractivity contribution >= 4 is 40.7 Å². The molecule has 0 bridgehead atoms. The van der Waals surface area contributed by atoms with E-state index in [0.717, 1.165) is 11.1 Å². The quantitative estimate of drug-likeness (QED) is 0.113. The molecule has 1 heterocycles. The number of primary amides is 1. The predicted octanol–water partition coefficient (Wildman–Crippen LogP) is 0.790. The van der Waals surface area contributed by atoms with Crippen molar-refractivity contribution in [2.24, 2.45) is 16.6 Å². The highest BCUT2D eigenvalue weighted by Gasteiger charge is 2.15. The van der Waals surface area contributed by atoms with Crippen LogP contribution in [-0.2, 0) is 34.5 Å². The second-order valence-corrected chi connectivity index (χ2v) is 9.36. The van der Waals surface area contributed by atoms with Crippen molar-refractivity contribution < 1.29 is 13.8 Å². The Bertz CT molecular complexity index is 1410. The molecular formula is C25H28N8O4S. The lowest BCUT2D eigenvalue weighted by atomic mass is 10.0. The van der Waals surface area contributed by atoms with Gasteiger partial charge in [0, 0.05) is 18.0 Å². The second-order valence-electron chi connectivity index (χ2n) is 8.18. The summed E-state index contributed by atoms with van der Waals surface area (Å²) in [7, 11) is -1.55. The van der Waals surface area contributed by atoms with E-state index in [0.29, 0.717) is 5.56 Å². The van der Waals surface area contributed by atoms with Gasteiger partial charge in [-0.25, -0.2) is 14.4 Å². The normalized spacial score (nSPS) is 12.4. The largest absolute Gasteiger partial charge is 0.384 e. The zero-order chi connectivity index (χ0) is 27.5. The van der Waals surface area contributed by atoms with E-state index in [4.69, 9.17) is 16.9 Å². The SMILES string of the molecule is N=C(N)c1cccc(CC(C=NNC(N)=O)NC(=O)Cn2cccc(NS(=O)Cc3ccccc3)c2=O)c1. The first kappa shape index (κ1) is 27.8. The fraction of sp³-hybridized carbons (Fsp3) is 0.160. The van der Waals surface area contributed by atoms with Crippen LogP contribution in [0.25, 0.3) is 0 Å². The lowest BCUT2D eigenvalue weighted by Gasteiger charge is -2.16. The number of carbonyl (C=O) groups is 2. The van der Waals surface area contributed by atoms with Gasteiger partial charge in [0.05, 0.1) is 11.8 Å². The topological polar surface area (TPSA) is 198 Å². The third kappa shape index (κ3) is 8.71. The summed E-state index contributed by atoms with van der Waals surface area (Å²) in [6.07, 6.45) is 3.00. The maximum atomic E-state index is 12.9. The molecule has 0 aliphatic rings. The van der Waals surface area contributed by atoms with Gasteiger partial charge in [-0.05, 0) is 35.7 Å². The van der Waals surface area contributed by atoms with Crippen molar-refractivity contribution in [2.45, 2.75) is 24.8 Å². The van der Waals surface area contributed by atoms with E-state index in [9.17, 15) is 18.6 Å². The van der Waals surface area contributed by atoms with E-state index in [-0.39, 0.29) is 30.2 Å². The Balaban J connectivity index is 1.69. The van der Waals surface area contributed by atoms with Crippen LogP contribution in [-0.4, -0.2) is 38.8 Å². The number of anilines is 1. The molecule has 0 spiro atoms. The molecule has 0 radical (unpaired) electrons. The molecule has 0 aliphatic heterocycles. The number of urea groups is 1. The smallest absolute Gasteiger partial charge is 0.332 e. The number of nitrogens with two attached hydrogens (primary N) is 2. The zero-order valence-corrected chi connectivity index (χ0v) is 21.1. The van der Waals surface area contributed by atoms with Gasteiger partial charge >= 0.3 is 6.03 Å². The highest BCUT2D eigenvalue weighted by atomic mass is 32.2. The number of aromatic nitrogens is 1. The van der Waals surface area contributed by atoms with E-state index in [1.54, 1.807) is 30.3 Å². The number of pyridine rings is 1. The van der Waals surface area contributed by atoms with Gasteiger partial charge in [0.1, 0.15) is 29.1 Å². The first-order valence-electron chi connectivity index (χ1n) is 11.4. The Morgan fingerprint density at radius 3 is 2.50 bits per heavy atom. The summed E-state index contributed by atoms with van der Waals surface area (Å²) in [4.78, 5) is 36.7. The molecule has 0 saturated carbocycles. The Morgan fingerprint density at radius 1 is 1.05 bits per heavy atom. The number of amides is 3. The molecule has 12 nitrogen and oxygen atoms in total. The minimum Gasteiger partial charge on any atom is -0.384 e. The summed E-state index contributed by atoms with van der Waals surface area (Å²) in [5.74, 6) is -0.400. The van der Waals surface area contributed by atoms with Crippen LogP contribution in [0.5, 0.6) is 0 Å². The summed E-state index contributed by atoms with van der Waals surface area (Å²) in [5.41, 5.74) is 14.4. The maximum absolute atomic E-state index is 12.9. The number of benzene rings is 2. The second kappa shape index (κ2) is 13.5.